The second-order valence-corrected chi connectivity index (χ2v) is 7.17. The van der Waals surface area contributed by atoms with Gasteiger partial charge in [-0.2, -0.15) is 5.10 Å². The molecule has 5 nitrogen and oxygen atoms in total. The summed E-state index contributed by atoms with van der Waals surface area (Å²) in [5.41, 5.74) is 0.724. The number of amides is 1. The average molecular weight is 293 g/mol. The van der Waals surface area contributed by atoms with Crippen LogP contribution in [-0.2, 0) is 4.74 Å². The van der Waals surface area contributed by atoms with Gasteiger partial charge in [0.25, 0.3) is 5.91 Å². The highest BCUT2D eigenvalue weighted by Crippen LogP contribution is 2.34. The highest BCUT2D eigenvalue weighted by Gasteiger charge is 2.37. The minimum absolute atomic E-state index is 0.0549. The molecule has 2 heterocycles. The second kappa shape index (κ2) is 6.18. The van der Waals surface area contributed by atoms with Gasteiger partial charge in [-0.3, -0.25) is 9.48 Å². The van der Waals surface area contributed by atoms with Crippen LogP contribution in [-0.4, -0.2) is 34.9 Å². The Labute approximate surface area is 127 Å². The fraction of sp³-hybridized carbons (Fsp3) is 0.750. The van der Waals surface area contributed by atoms with Crippen molar-refractivity contribution in [1.29, 1.82) is 0 Å². The maximum absolute atomic E-state index is 12.3. The SMILES string of the molecule is CC(C)n1nccc1C(=O)NC[C@H]1CCO[C@@H]1C(C)(C)C. The van der Waals surface area contributed by atoms with E-state index in [-0.39, 0.29) is 23.5 Å². The quantitative estimate of drug-likeness (QED) is 0.928. The number of rotatable bonds is 4. The molecule has 1 aromatic heterocycles. The maximum Gasteiger partial charge on any atom is 0.269 e. The zero-order valence-electron chi connectivity index (χ0n) is 13.7. The Bertz CT molecular complexity index is 488. The number of hydrogen-bond donors (Lipinski definition) is 1. The van der Waals surface area contributed by atoms with Crippen LogP contribution in [0.2, 0.25) is 0 Å². The average Bonchev–Trinajstić information content (AvgIpc) is 3.03. The van der Waals surface area contributed by atoms with Crippen molar-refractivity contribution in [2.24, 2.45) is 11.3 Å². The molecule has 0 aliphatic carbocycles. The smallest absolute Gasteiger partial charge is 0.269 e. The first-order valence-corrected chi connectivity index (χ1v) is 7.74. The minimum Gasteiger partial charge on any atom is -0.377 e. The third-order valence-corrected chi connectivity index (χ3v) is 3.98. The van der Waals surface area contributed by atoms with E-state index in [4.69, 9.17) is 4.74 Å². The topological polar surface area (TPSA) is 56.2 Å². The molecule has 0 saturated carbocycles. The molecule has 1 aliphatic heterocycles. The Morgan fingerprint density at radius 3 is 2.86 bits per heavy atom. The van der Waals surface area contributed by atoms with Crippen LogP contribution in [0, 0.1) is 11.3 Å². The molecule has 0 unspecified atom stereocenters. The van der Waals surface area contributed by atoms with Gasteiger partial charge in [-0.05, 0) is 31.7 Å². The van der Waals surface area contributed by atoms with Crippen molar-refractivity contribution in [2.75, 3.05) is 13.2 Å². The first kappa shape index (κ1) is 16.0. The van der Waals surface area contributed by atoms with Crippen LogP contribution in [0.1, 0.15) is 57.6 Å². The molecule has 1 amide bonds. The Balaban J connectivity index is 1.96. The molecule has 21 heavy (non-hydrogen) atoms. The van der Waals surface area contributed by atoms with E-state index in [2.05, 4.69) is 31.2 Å². The molecule has 1 N–H and O–H groups in total. The molecule has 0 aromatic carbocycles. The van der Waals surface area contributed by atoms with Crippen LogP contribution in [0.5, 0.6) is 0 Å². The fourth-order valence-corrected chi connectivity index (χ4v) is 3.02. The summed E-state index contributed by atoms with van der Waals surface area (Å²) in [6, 6.07) is 1.94. The van der Waals surface area contributed by atoms with Crippen LogP contribution in [0.4, 0.5) is 0 Å². The molecule has 1 aliphatic rings. The van der Waals surface area contributed by atoms with E-state index in [1.54, 1.807) is 16.9 Å². The summed E-state index contributed by atoms with van der Waals surface area (Å²) >= 11 is 0. The monoisotopic (exact) mass is 293 g/mol. The van der Waals surface area contributed by atoms with Gasteiger partial charge in [-0.1, -0.05) is 20.8 Å². The molecule has 0 radical (unpaired) electrons. The van der Waals surface area contributed by atoms with Crippen molar-refractivity contribution in [3.8, 4) is 0 Å². The number of hydrogen-bond acceptors (Lipinski definition) is 3. The lowest BCUT2D eigenvalue weighted by Gasteiger charge is -2.31. The van der Waals surface area contributed by atoms with Crippen molar-refractivity contribution < 1.29 is 9.53 Å². The van der Waals surface area contributed by atoms with E-state index < -0.39 is 0 Å². The van der Waals surface area contributed by atoms with Crippen molar-refractivity contribution in [3.05, 3.63) is 18.0 Å². The number of nitrogens with one attached hydrogen (secondary N) is 1. The first-order valence-electron chi connectivity index (χ1n) is 7.74. The van der Waals surface area contributed by atoms with Gasteiger partial charge in [0.2, 0.25) is 0 Å². The summed E-state index contributed by atoms with van der Waals surface area (Å²) < 4.78 is 7.60. The third-order valence-electron chi connectivity index (χ3n) is 3.98. The van der Waals surface area contributed by atoms with E-state index in [0.717, 1.165) is 13.0 Å². The molecule has 118 valence electrons. The highest BCUT2D eigenvalue weighted by molar-refractivity contribution is 5.92. The molecule has 5 heteroatoms. The fourth-order valence-electron chi connectivity index (χ4n) is 3.02. The van der Waals surface area contributed by atoms with Crippen LogP contribution < -0.4 is 5.32 Å². The highest BCUT2D eigenvalue weighted by atomic mass is 16.5. The predicted molar refractivity (Wildman–Crippen MR) is 82.2 cm³/mol. The lowest BCUT2D eigenvalue weighted by atomic mass is 9.81. The van der Waals surface area contributed by atoms with Gasteiger partial charge < -0.3 is 10.1 Å². The molecule has 2 rings (SSSR count). The zero-order chi connectivity index (χ0) is 15.6. The lowest BCUT2D eigenvalue weighted by Crippen LogP contribution is -2.39. The number of carbonyl (C=O) groups is 1. The summed E-state index contributed by atoms with van der Waals surface area (Å²) in [6.45, 7) is 12.0. The van der Waals surface area contributed by atoms with Gasteiger partial charge in [0.15, 0.2) is 0 Å². The largest absolute Gasteiger partial charge is 0.377 e. The predicted octanol–water partition coefficient (Wildman–Crippen LogP) is 2.65. The van der Waals surface area contributed by atoms with Gasteiger partial charge in [-0.15, -0.1) is 0 Å². The van der Waals surface area contributed by atoms with Crippen molar-refractivity contribution >= 4 is 5.91 Å². The third kappa shape index (κ3) is 3.64. The normalized spacial score (nSPS) is 22.8. The number of ether oxygens (including phenoxy) is 1. The summed E-state index contributed by atoms with van der Waals surface area (Å²) in [5.74, 6) is 0.324. The molecule has 0 spiro atoms. The Morgan fingerprint density at radius 2 is 2.24 bits per heavy atom. The second-order valence-electron chi connectivity index (χ2n) is 7.17. The molecule has 2 atom stereocenters. The zero-order valence-corrected chi connectivity index (χ0v) is 13.7. The van der Waals surface area contributed by atoms with E-state index in [1.807, 2.05) is 13.8 Å². The summed E-state index contributed by atoms with van der Waals surface area (Å²) in [7, 11) is 0. The maximum atomic E-state index is 12.3. The lowest BCUT2D eigenvalue weighted by molar-refractivity contribution is 0.00735. The minimum atomic E-state index is -0.0549. The Kier molecular flexibility index (Phi) is 4.71. The van der Waals surface area contributed by atoms with E-state index in [0.29, 0.717) is 18.2 Å². The van der Waals surface area contributed by atoms with Crippen LogP contribution >= 0.6 is 0 Å². The van der Waals surface area contributed by atoms with Gasteiger partial charge in [0.1, 0.15) is 5.69 Å². The van der Waals surface area contributed by atoms with Gasteiger partial charge >= 0.3 is 0 Å². The van der Waals surface area contributed by atoms with E-state index >= 15 is 0 Å². The van der Waals surface area contributed by atoms with Gasteiger partial charge in [-0.25, -0.2) is 0 Å². The summed E-state index contributed by atoms with van der Waals surface area (Å²) in [6.07, 6.45) is 2.88. The number of nitrogens with zero attached hydrogens (tertiary/aromatic N) is 2. The van der Waals surface area contributed by atoms with Crippen LogP contribution in [0.15, 0.2) is 12.3 Å². The van der Waals surface area contributed by atoms with Crippen molar-refractivity contribution in [2.45, 2.75) is 53.2 Å². The van der Waals surface area contributed by atoms with Crippen LogP contribution in [0.3, 0.4) is 0 Å². The summed E-state index contributed by atoms with van der Waals surface area (Å²) in [5, 5.41) is 7.25. The summed E-state index contributed by atoms with van der Waals surface area (Å²) in [4.78, 5) is 12.3. The van der Waals surface area contributed by atoms with Crippen molar-refractivity contribution in [3.63, 3.8) is 0 Å². The first-order chi connectivity index (χ1) is 9.80. The molecule has 1 saturated heterocycles. The standard InChI is InChI=1S/C16H27N3O2/c1-11(2)19-13(6-8-18-19)15(20)17-10-12-7-9-21-14(12)16(3,4)5/h6,8,11-12,14H,7,9-10H2,1-5H3,(H,17,20)/t12-,14+/m1/s1. The Morgan fingerprint density at radius 1 is 1.52 bits per heavy atom. The van der Waals surface area contributed by atoms with E-state index in [9.17, 15) is 4.79 Å². The molecule has 0 bridgehead atoms. The molecule has 1 fully saturated rings. The van der Waals surface area contributed by atoms with Crippen LogP contribution in [0.25, 0.3) is 0 Å². The molecule has 1 aromatic rings. The van der Waals surface area contributed by atoms with Crippen molar-refractivity contribution in [1.82, 2.24) is 15.1 Å². The van der Waals surface area contributed by atoms with Gasteiger partial charge in [0, 0.05) is 31.3 Å². The molecular weight excluding hydrogens is 266 g/mol. The Hall–Kier alpha value is -1.36. The number of carbonyl (C=O) groups excluding carboxylic acids is 1. The molecular formula is C16H27N3O2. The number of aromatic nitrogens is 2. The van der Waals surface area contributed by atoms with E-state index in [1.165, 1.54) is 0 Å². The van der Waals surface area contributed by atoms with Gasteiger partial charge in [0.05, 0.1) is 6.10 Å².